The molecule has 5 saturated carbocycles. The van der Waals surface area contributed by atoms with Gasteiger partial charge in [0.25, 0.3) is 0 Å². The molecule has 2 saturated heterocycles. The van der Waals surface area contributed by atoms with Crippen molar-refractivity contribution in [2.75, 3.05) is 6.61 Å². The number of ketones is 1. The summed E-state index contributed by atoms with van der Waals surface area (Å²) < 4.78 is 23.1. The van der Waals surface area contributed by atoms with Crippen molar-refractivity contribution in [3.8, 4) is 0 Å². The number of aliphatic hydroxyl groups is 5. The zero-order valence-corrected chi connectivity index (χ0v) is 29.0. The van der Waals surface area contributed by atoms with Crippen LogP contribution in [0.3, 0.4) is 0 Å². The molecule has 47 heavy (non-hydrogen) atoms. The second-order valence-electron chi connectivity index (χ2n) is 17.8. The molecule has 2 aliphatic heterocycles. The first-order valence-electron chi connectivity index (χ1n) is 17.9. The van der Waals surface area contributed by atoms with Gasteiger partial charge in [0, 0.05) is 18.3 Å². The van der Waals surface area contributed by atoms with Gasteiger partial charge in [0.15, 0.2) is 24.0 Å². The number of carbonyl (C=O) groups excluding carboxylic acids is 2. The molecule has 0 amide bonds. The quantitative estimate of drug-likeness (QED) is 0.154. The molecule has 0 aromatic rings. The molecule has 17 atom stereocenters. The summed E-state index contributed by atoms with van der Waals surface area (Å²) in [5.74, 6) is -2.00. The Kier molecular flexibility index (Phi) is 7.78. The lowest BCUT2D eigenvalue weighted by molar-refractivity contribution is -0.303. The topological polar surface area (TPSA) is 176 Å². The van der Waals surface area contributed by atoms with Crippen molar-refractivity contribution in [2.45, 2.75) is 155 Å². The van der Waals surface area contributed by atoms with E-state index in [1.165, 1.54) is 6.92 Å². The molecule has 11 heteroatoms. The minimum absolute atomic E-state index is 0.0355. The lowest BCUT2D eigenvalue weighted by Gasteiger charge is -2.63. The number of aliphatic hydroxyl groups excluding tert-OH is 4. The van der Waals surface area contributed by atoms with Crippen LogP contribution in [-0.2, 0) is 28.5 Å². The Balaban J connectivity index is 1.12. The molecule has 4 unspecified atom stereocenters. The molecular formula is C36H56O11. The molecule has 0 aromatic carbocycles. The molecule has 0 aromatic heterocycles. The van der Waals surface area contributed by atoms with Crippen LogP contribution in [0, 0.1) is 50.7 Å². The zero-order valence-electron chi connectivity index (χ0n) is 29.0. The molecule has 5 aliphatic carbocycles. The summed E-state index contributed by atoms with van der Waals surface area (Å²) in [4.78, 5) is 26.2. The first-order chi connectivity index (χ1) is 21.8. The molecule has 7 rings (SSSR count). The van der Waals surface area contributed by atoms with Gasteiger partial charge in [-0.15, -0.1) is 0 Å². The standard InChI is InChI=1S/C36H56O11/c1-17(14-20(45-18(2)37)29-34(7,43)47-29)24-26(40)28(42)33(6)22-9-8-21-31(3,4)23(46-30-27(41)25(39)19(38)15-44-30)10-11-35(21)16-36(22,35)13-12-32(24,33)5/h17,19-25,27-30,38-39,41-43H,8-16H2,1-7H3/t17-,19-,20-,21?,22?,23+,24?,25+,27-,28+,29+,30+,32-,33-,34?,35-,36+/m1/s1. The van der Waals surface area contributed by atoms with Gasteiger partial charge in [-0.25, -0.2) is 0 Å². The Labute approximate surface area is 277 Å². The fraction of sp³-hybridized carbons (Fsp3) is 0.944. The van der Waals surface area contributed by atoms with Gasteiger partial charge in [0.1, 0.15) is 30.5 Å². The molecule has 266 valence electrons. The zero-order chi connectivity index (χ0) is 34.3. The third-order valence-electron chi connectivity index (χ3n) is 15.4. The highest BCUT2D eigenvalue weighted by atomic mass is 16.7. The second kappa shape index (κ2) is 10.7. The monoisotopic (exact) mass is 664 g/mol. The van der Waals surface area contributed by atoms with Crippen LogP contribution in [0.4, 0.5) is 0 Å². The average Bonchev–Trinajstić information content (AvgIpc) is 3.84. The fourth-order valence-electron chi connectivity index (χ4n) is 13.0. The van der Waals surface area contributed by atoms with Gasteiger partial charge in [-0.1, -0.05) is 34.6 Å². The third-order valence-corrected chi connectivity index (χ3v) is 15.4. The van der Waals surface area contributed by atoms with E-state index < -0.39 is 71.4 Å². The highest BCUT2D eigenvalue weighted by molar-refractivity contribution is 5.90. The summed E-state index contributed by atoms with van der Waals surface area (Å²) in [5, 5.41) is 53.1. The Morgan fingerprint density at radius 3 is 2.23 bits per heavy atom. The van der Waals surface area contributed by atoms with Crippen LogP contribution in [0.1, 0.15) is 99.8 Å². The van der Waals surface area contributed by atoms with Crippen molar-refractivity contribution in [1.82, 2.24) is 0 Å². The molecule has 0 bridgehead atoms. The summed E-state index contributed by atoms with van der Waals surface area (Å²) in [6.45, 7) is 13.7. The number of ether oxygens (including phenoxy) is 4. The highest BCUT2D eigenvalue weighted by Gasteiger charge is 2.84. The lowest BCUT2D eigenvalue weighted by atomic mass is 9.41. The second-order valence-corrected chi connectivity index (χ2v) is 17.8. The van der Waals surface area contributed by atoms with E-state index in [-0.39, 0.29) is 46.6 Å². The molecule has 2 spiro atoms. The van der Waals surface area contributed by atoms with E-state index in [0.717, 1.165) is 44.9 Å². The van der Waals surface area contributed by atoms with Gasteiger partial charge >= 0.3 is 5.97 Å². The first-order valence-corrected chi connectivity index (χ1v) is 17.9. The Hall–Kier alpha value is -1.18. The van der Waals surface area contributed by atoms with Gasteiger partial charge in [0.05, 0.1) is 12.7 Å². The van der Waals surface area contributed by atoms with Crippen molar-refractivity contribution in [2.24, 2.45) is 50.7 Å². The van der Waals surface area contributed by atoms with Crippen molar-refractivity contribution in [3.05, 3.63) is 0 Å². The van der Waals surface area contributed by atoms with E-state index >= 15 is 0 Å². The number of rotatable bonds is 7. The number of hydrogen-bond acceptors (Lipinski definition) is 11. The summed E-state index contributed by atoms with van der Waals surface area (Å²) in [5.41, 5.74) is -1.17. The van der Waals surface area contributed by atoms with Gasteiger partial charge in [-0.2, -0.15) is 0 Å². The maximum absolute atomic E-state index is 14.2. The van der Waals surface area contributed by atoms with E-state index in [9.17, 15) is 35.1 Å². The number of epoxide rings is 1. The average molecular weight is 665 g/mol. The number of fused-ring (bicyclic) bond motifs is 2. The van der Waals surface area contributed by atoms with Crippen LogP contribution in [0.25, 0.3) is 0 Å². The number of esters is 1. The SMILES string of the molecule is CC(=O)O[C@H](C[C@@H](C)C1C(=O)[C@H](O)[C@@]2(C)C3CCC4C(C)(C)[C@@H](O[C@@H]5OC[C@@H](O)[C@H](O)[C@H]5O)CC[C@@]45C[C@@]35CC[C@]12C)[C@@H]1OC1(C)O. The Bertz CT molecular complexity index is 1300. The van der Waals surface area contributed by atoms with Gasteiger partial charge in [-0.05, 0) is 97.7 Å². The van der Waals surface area contributed by atoms with Gasteiger partial charge < -0.3 is 44.5 Å². The number of Topliss-reactive ketones (excluding diaryl/α,β-unsaturated/α-hetero) is 1. The highest BCUT2D eigenvalue weighted by Crippen LogP contribution is 2.89. The minimum atomic E-state index is -1.36. The summed E-state index contributed by atoms with van der Waals surface area (Å²) in [6.07, 6.45) is -0.525. The summed E-state index contributed by atoms with van der Waals surface area (Å²) in [7, 11) is 0. The van der Waals surface area contributed by atoms with Crippen molar-refractivity contribution in [1.29, 1.82) is 0 Å². The van der Waals surface area contributed by atoms with Gasteiger partial charge in [0.2, 0.25) is 0 Å². The molecule has 2 heterocycles. The van der Waals surface area contributed by atoms with Crippen LogP contribution < -0.4 is 0 Å². The molecular weight excluding hydrogens is 608 g/mol. The maximum Gasteiger partial charge on any atom is 0.302 e. The molecule has 5 N–H and O–H groups in total. The number of carbonyl (C=O) groups is 2. The van der Waals surface area contributed by atoms with Crippen molar-refractivity contribution >= 4 is 11.8 Å². The van der Waals surface area contributed by atoms with Crippen LogP contribution in [-0.4, -0.2) is 98.7 Å². The molecule has 7 aliphatic rings. The Morgan fingerprint density at radius 2 is 1.60 bits per heavy atom. The largest absolute Gasteiger partial charge is 0.460 e. The van der Waals surface area contributed by atoms with Crippen LogP contribution in [0.15, 0.2) is 0 Å². The normalized spacial score (nSPS) is 55.5. The van der Waals surface area contributed by atoms with E-state index in [2.05, 4.69) is 27.7 Å². The lowest BCUT2D eigenvalue weighted by Crippen LogP contribution is -2.61. The molecule has 0 radical (unpaired) electrons. The van der Waals surface area contributed by atoms with Crippen LogP contribution in [0.5, 0.6) is 0 Å². The van der Waals surface area contributed by atoms with E-state index in [1.54, 1.807) is 6.92 Å². The first kappa shape index (κ1) is 34.3. The Morgan fingerprint density at radius 1 is 0.957 bits per heavy atom. The van der Waals surface area contributed by atoms with Gasteiger partial charge in [-0.3, -0.25) is 9.59 Å². The van der Waals surface area contributed by atoms with E-state index in [4.69, 9.17) is 18.9 Å². The molecule has 7 fully saturated rings. The predicted molar refractivity (Wildman–Crippen MR) is 166 cm³/mol. The van der Waals surface area contributed by atoms with Crippen molar-refractivity contribution < 1.29 is 54.1 Å². The van der Waals surface area contributed by atoms with Crippen LogP contribution >= 0.6 is 0 Å². The number of hydrogen-bond donors (Lipinski definition) is 5. The van der Waals surface area contributed by atoms with Crippen molar-refractivity contribution in [3.63, 3.8) is 0 Å². The van der Waals surface area contributed by atoms with Crippen LogP contribution in [0.2, 0.25) is 0 Å². The summed E-state index contributed by atoms with van der Waals surface area (Å²) in [6, 6.07) is 0. The van der Waals surface area contributed by atoms with E-state index in [0.29, 0.717) is 12.3 Å². The third kappa shape index (κ3) is 4.52. The predicted octanol–water partition coefficient (Wildman–Crippen LogP) is 2.46. The molecule has 11 nitrogen and oxygen atoms in total. The minimum Gasteiger partial charge on any atom is -0.460 e. The summed E-state index contributed by atoms with van der Waals surface area (Å²) >= 11 is 0. The smallest absolute Gasteiger partial charge is 0.302 e. The fourth-order valence-corrected chi connectivity index (χ4v) is 13.0. The van der Waals surface area contributed by atoms with E-state index in [1.807, 2.05) is 6.92 Å². The maximum atomic E-state index is 14.2.